The molecule has 0 saturated carbocycles. The van der Waals surface area contributed by atoms with Crippen molar-refractivity contribution in [3.05, 3.63) is 34.6 Å². The van der Waals surface area contributed by atoms with Crippen LogP contribution in [0.1, 0.15) is 18.6 Å². The lowest BCUT2D eigenvalue weighted by Gasteiger charge is -2.12. The average Bonchev–Trinajstić information content (AvgIpc) is 2.18. The molecule has 0 aliphatic carbocycles. The second kappa shape index (κ2) is 5.29. The lowest BCUT2D eigenvalue weighted by atomic mass is 10.1. The molecule has 78 valence electrons. The summed E-state index contributed by atoms with van der Waals surface area (Å²) in [6.45, 7) is 2.45. The minimum atomic E-state index is -0.877. The van der Waals surface area contributed by atoms with Crippen molar-refractivity contribution < 1.29 is 14.2 Å². The molecule has 14 heavy (non-hydrogen) atoms. The summed E-state index contributed by atoms with van der Waals surface area (Å²) in [5.74, 6) is -0.528. The monoisotopic (exact) mass is 218 g/mol. The highest BCUT2D eigenvalue weighted by molar-refractivity contribution is 6.31. The fraction of sp³-hybridized carbons (Fsp3) is 0.400. The Kier molecular flexibility index (Phi) is 4.32. The predicted molar refractivity (Wildman–Crippen MR) is 52.9 cm³/mol. The van der Waals surface area contributed by atoms with Crippen molar-refractivity contribution in [2.75, 3.05) is 13.2 Å². The highest BCUT2D eigenvalue weighted by Gasteiger charge is 2.13. The van der Waals surface area contributed by atoms with Gasteiger partial charge in [-0.2, -0.15) is 0 Å². The summed E-state index contributed by atoms with van der Waals surface area (Å²) in [7, 11) is 0. The first-order valence-electron chi connectivity index (χ1n) is 4.36. The minimum absolute atomic E-state index is 0.0419. The predicted octanol–water partition coefficient (Wildman–Crippen LogP) is 2.55. The number of ether oxygens (including phenoxy) is 1. The van der Waals surface area contributed by atoms with Crippen LogP contribution in [0.2, 0.25) is 5.02 Å². The van der Waals surface area contributed by atoms with Crippen LogP contribution in [-0.2, 0) is 4.74 Å². The topological polar surface area (TPSA) is 29.5 Å². The Balaban J connectivity index is 2.79. The minimum Gasteiger partial charge on any atom is -0.386 e. The number of halogens is 2. The third-order valence-corrected chi connectivity index (χ3v) is 2.22. The van der Waals surface area contributed by atoms with Gasteiger partial charge < -0.3 is 9.84 Å². The molecule has 1 rings (SSSR count). The zero-order chi connectivity index (χ0) is 10.6. The standard InChI is InChI=1S/C10H12ClFO2/c1-2-14-6-9(13)7-4-3-5-8(12)10(7)11/h3-5,9,13H,2,6H2,1H3. The molecule has 1 unspecified atom stereocenters. The van der Waals surface area contributed by atoms with Crippen LogP contribution in [0.25, 0.3) is 0 Å². The number of hydrogen-bond acceptors (Lipinski definition) is 2. The third-order valence-electron chi connectivity index (χ3n) is 1.82. The molecule has 1 aromatic rings. The molecular weight excluding hydrogens is 207 g/mol. The molecule has 4 heteroatoms. The van der Waals surface area contributed by atoms with Crippen LogP contribution < -0.4 is 0 Å². The van der Waals surface area contributed by atoms with Crippen molar-refractivity contribution in [2.45, 2.75) is 13.0 Å². The SMILES string of the molecule is CCOCC(O)c1cccc(F)c1Cl. The number of hydrogen-bond donors (Lipinski definition) is 1. The summed E-state index contributed by atoms with van der Waals surface area (Å²) in [6.07, 6.45) is -0.877. The van der Waals surface area contributed by atoms with Crippen molar-refractivity contribution in [2.24, 2.45) is 0 Å². The third kappa shape index (κ3) is 2.67. The van der Waals surface area contributed by atoms with E-state index in [4.69, 9.17) is 16.3 Å². The molecule has 0 radical (unpaired) electrons. The molecule has 0 aromatic heterocycles. The van der Waals surface area contributed by atoms with Gasteiger partial charge in [-0.25, -0.2) is 4.39 Å². The highest BCUT2D eigenvalue weighted by atomic mass is 35.5. The van der Waals surface area contributed by atoms with Crippen molar-refractivity contribution in [3.8, 4) is 0 Å². The molecule has 0 amide bonds. The van der Waals surface area contributed by atoms with Gasteiger partial charge in [-0.05, 0) is 13.0 Å². The maximum atomic E-state index is 13.0. The summed E-state index contributed by atoms with van der Waals surface area (Å²) < 4.78 is 18.0. The van der Waals surface area contributed by atoms with Gasteiger partial charge in [0.05, 0.1) is 11.6 Å². The Morgan fingerprint density at radius 3 is 2.93 bits per heavy atom. The maximum absolute atomic E-state index is 13.0. The summed E-state index contributed by atoms with van der Waals surface area (Å²) >= 11 is 5.68. The van der Waals surface area contributed by atoms with E-state index < -0.39 is 11.9 Å². The zero-order valence-corrected chi connectivity index (χ0v) is 8.59. The van der Waals surface area contributed by atoms with Crippen LogP contribution in [-0.4, -0.2) is 18.3 Å². The van der Waals surface area contributed by atoms with Crippen molar-refractivity contribution in [1.82, 2.24) is 0 Å². The fourth-order valence-corrected chi connectivity index (χ4v) is 1.35. The Hall–Kier alpha value is -0.640. The first-order valence-corrected chi connectivity index (χ1v) is 4.74. The van der Waals surface area contributed by atoms with Crippen molar-refractivity contribution >= 4 is 11.6 Å². The Labute approximate surface area is 87.3 Å². The molecule has 2 nitrogen and oxygen atoms in total. The molecule has 0 aliphatic heterocycles. The number of rotatable bonds is 4. The molecule has 0 heterocycles. The smallest absolute Gasteiger partial charge is 0.142 e. The van der Waals surface area contributed by atoms with Crippen LogP contribution in [0, 0.1) is 5.82 Å². The van der Waals surface area contributed by atoms with Gasteiger partial charge in [0, 0.05) is 12.2 Å². The fourth-order valence-electron chi connectivity index (χ4n) is 1.10. The normalized spacial score (nSPS) is 12.9. The summed E-state index contributed by atoms with van der Waals surface area (Å²) in [4.78, 5) is 0. The largest absolute Gasteiger partial charge is 0.386 e. The molecule has 0 fully saturated rings. The van der Waals surface area contributed by atoms with Gasteiger partial charge in [0.1, 0.15) is 11.9 Å². The molecule has 0 spiro atoms. The summed E-state index contributed by atoms with van der Waals surface area (Å²) in [5.41, 5.74) is 0.361. The van der Waals surface area contributed by atoms with Crippen LogP contribution in [0.15, 0.2) is 18.2 Å². The van der Waals surface area contributed by atoms with E-state index >= 15 is 0 Å². The highest BCUT2D eigenvalue weighted by Crippen LogP contribution is 2.25. The molecule has 1 N–H and O–H groups in total. The van der Waals surface area contributed by atoms with E-state index in [2.05, 4.69) is 0 Å². The summed E-state index contributed by atoms with van der Waals surface area (Å²) in [6, 6.07) is 4.33. The van der Waals surface area contributed by atoms with Crippen molar-refractivity contribution in [1.29, 1.82) is 0 Å². The van der Waals surface area contributed by atoms with E-state index in [1.807, 2.05) is 6.92 Å². The Morgan fingerprint density at radius 2 is 2.29 bits per heavy atom. The van der Waals surface area contributed by atoms with Gasteiger partial charge in [0.25, 0.3) is 0 Å². The molecule has 1 aromatic carbocycles. The lowest BCUT2D eigenvalue weighted by Crippen LogP contribution is -2.08. The van der Waals surface area contributed by atoms with Gasteiger partial charge in [-0.15, -0.1) is 0 Å². The Bertz CT molecular complexity index is 304. The molecule has 0 bridgehead atoms. The Morgan fingerprint density at radius 1 is 1.57 bits per heavy atom. The van der Waals surface area contributed by atoms with Crippen LogP contribution >= 0.6 is 11.6 Å². The molecular formula is C10H12ClFO2. The number of aliphatic hydroxyl groups is 1. The van der Waals surface area contributed by atoms with Gasteiger partial charge in [-0.1, -0.05) is 23.7 Å². The van der Waals surface area contributed by atoms with Gasteiger partial charge in [0.2, 0.25) is 0 Å². The van der Waals surface area contributed by atoms with Gasteiger partial charge >= 0.3 is 0 Å². The zero-order valence-electron chi connectivity index (χ0n) is 7.84. The summed E-state index contributed by atoms with van der Waals surface area (Å²) in [5, 5.41) is 9.54. The number of aliphatic hydroxyl groups excluding tert-OH is 1. The van der Waals surface area contributed by atoms with E-state index in [0.717, 1.165) is 0 Å². The van der Waals surface area contributed by atoms with E-state index in [1.54, 1.807) is 6.07 Å². The van der Waals surface area contributed by atoms with Gasteiger partial charge in [0.15, 0.2) is 0 Å². The van der Waals surface area contributed by atoms with Crippen LogP contribution in [0.5, 0.6) is 0 Å². The van der Waals surface area contributed by atoms with Crippen LogP contribution in [0.4, 0.5) is 4.39 Å². The van der Waals surface area contributed by atoms with E-state index in [9.17, 15) is 9.50 Å². The average molecular weight is 219 g/mol. The second-order valence-electron chi connectivity index (χ2n) is 2.82. The number of benzene rings is 1. The lowest BCUT2D eigenvalue weighted by molar-refractivity contribution is 0.0419. The maximum Gasteiger partial charge on any atom is 0.142 e. The molecule has 0 aliphatic rings. The molecule has 0 saturated heterocycles. The van der Waals surface area contributed by atoms with Crippen molar-refractivity contribution in [3.63, 3.8) is 0 Å². The van der Waals surface area contributed by atoms with E-state index in [-0.39, 0.29) is 11.6 Å². The van der Waals surface area contributed by atoms with E-state index in [1.165, 1.54) is 12.1 Å². The quantitative estimate of drug-likeness (QED) is 0.842. The van der Waals surface area contributed by atoms with Crippen LogP contribution in [0.3, 0.4) is 0 Å². The molecule has 1 atom stereocenters. The second-order valence-corrected chi connectivity index (χ2v) is 3.20. The first-order chi connectivity index (χ1) is 6.66. The van der Waals surface area contributed by atoms with Gasteiger partial charge in [-0.3, -0.25) is 0 Å². The van der Waals surface area contributed by atoms with E-state index in [0.29, 0.717) is 12.2 Å². The first kappa shape index (κ1) is 11.4.